The molecule has 0 radical (unpaired) electrons. The highest BCUT2D eigenvalue weighted by Crippen LogP contribution is 2.23. The smallest absolute Gasteiger partial charge is 0.193 e. The van der Waals surface area contributed by atoms with Crippen LogP contribution in [0.4, 0.5) is 0 Å². The molecule has 0 amide bonds. The fraction of sp³-hybridized carbons (Fsp3) is 0.810. The van der Waals surface area contributed by atoms with Crippen molar-refractivity contribution in [2.75, 3.05) is 46.4 Å². The molecule has 7 nitrogen and oxygen atoms in total. The van der Waals surface area contributed by atoms with Crippen LogP contribution in [-0.4, -0.2) is 78.0 Å². The van der Waals surface area contributed by atoms with Gasteiger partial charge in [0.15, 0.2) is 5.96 Å². The summed E-state index contributed by atoms with van der Waals surface area (Å²) in [6.07, 6.45) is 6.61. The van der Waals surface area contributed by atoms with Gasteiger partial charge in [0.25, 0.3) is 0 Å². The SMILES string of the molecule is CN=C(NCC(C(C)C)N1CCC(C)CC1)N1CCOC(c2cnn(C)c2)C1.I. The number of morpholine rings is 1. The second-order valence-electron chi connectivity index (χ2n) is 8.71. The van der Waals surface area contributed by atoms with Gasteiger partial charge in [0.05, 0.1) is 19.3 Å². The number of hydrogen-bond donors (Lipinski definition) is 1. The molecule has 0 aliphatic carbocycles. The van der Waals surface area contributed by atoms with Gasteiger partial charge in [-0.2, -0.15) is 5.10 Å². The van der Waals surface area contributed by atoms with Crippen LogP contribution in [0.25, 0.3) is 0 Å². The lowest BCUT2D eigenvalue weighted by Crippen LogP contribution is -2.54. The molecule has 0 bridgehead atoms. The van der Waals surface area contributed by atoms with Crippen LogP contribution in [0.1, 0.15) is 45.3 Å². The maximum absolute atomic E-state index is 5.99. The molecule has 0 aromatic carbocycles. The van der Waals surface area contributed by atoms with Gasteiger partial charge in [-0.25, -0.2) is 0 Å². The summed E-state index contributed by atoms with van der Waals surface area (Å²) in [7, 11) is 3.82. The van der Waals surface area contributed by atoms with Crippen molar-refractivity contribution in [2.45, 2.75) is 45.8 Å². The Labute approximate surface area is 193 Å². The minimum absolute atomic E-state index is 0. The van der Waals surface area contributed by atoms with Crippen molar-refractivity contribution in [2.24, 2.45) is 23.9 Å². The van der Waals surface area contributed by atoms with Crippen LogP contribution < -0.4 is 5.32 Å². The van der Waals surface area contributed by atoms with Crippen LogP contribution in [0, 0.1) is 11.8 Å². The van der Waals surface area contributed by atoms with Crippen molar-refractivity contribution in [3.8, 4) is 0 Å². The lowest BCUT2D eigenvalue weighted by atomic mass is 9.94. The fourth-order valence-electron chi connectivity index (χ4n) is 4.32. The maximum Gasteiger partial charge on any atom is 0.193 e. The van der Waals surface area contributed by atoms with E-state index in [1.807, 2.05) is 31.2 Å². The minimum atomic E-state index is 0. The van der Waals surface area contributed by atoms with Crippen molar-refractivity contribution in [3.05, 3.63) is 18.0 Å². The summed E-state index contributed by atoms with van der Waals surface area (Å²) in [5.41, 5.74) is 1.13. The molecule has 2 aliphatic heterocycles. The Balaban J connectivity index is 0.00000300. The number of likely N-dealkylation sites (tertiary alicyclic amines) is 1. The van der Waals surface area contributed by atoms with Crippen molar-refractivity contribution in [1.29, 1.82) is 0 Å². The largest absolute Gasteiger partial charge is 0.370 e. The van der Waals surface area contributed by atoms with Crippen molar-refractivity contribution >= 4 is 29.9 Å². The molecule has 0 spiro atoms. The van der Waals surface area contributed by atoms with Gasteiger partial charge >= 0.3 is 0 Å². The van der Waals surface area contributed by atoms with Gasteiger partial charge in [0.2, 0.25) is 0 Å². The molecule has 2 atom stereocenters. The third-order valence-corrected chi connectivity index (χ3v) is 6.20. The minimum Gasteiger partial charge on any atom is -0.370 e. The van der Waals surface area contributed by atoms with E-state index in [2.05, 4.69) is 46.0 Å². The van der Waals surface area contributed by atoms with Crippen molar-refractivity contribution in [3.63, 3.8) is 0 Å². The molecular formula is C21H39IN6O. The Bertz CT molecular complexity index is 641. The lowest BCUT2D eigenvalue weighted by molar-refractivity contribution is -0.00824. The van der Waals surface area contributed by atoms with E-state index in [4.69, 9.17) is 4.74 Å². The molecule has 0 saturated carbocycles. The van der Waals surface area contributed by atoms with E-state index in [1.54, 1.807) is 0 Å². The average Bonchev–Trinajstić information content (AvgIpc) is 3.13. The number of aromatic nitrogens is 2. The second kappa shape index (κ2) is 11.5. The number of aliphatic imine (C=N–C) groups is 1. The first-order valence-corrected chi connectivity index (χ1v) is 10.8. The summed E-state index contributed by atoms with van der Waals surface area (Å²) < 4.78 is 7.82. The third kappa shape index (κ3) is 6.55. The van der Waals surface area contributed by atoms with Crippen LogP contribution in [0.5, 0.6) is 0 Å². The van der Waals surface area contributed by atoms with Gasteiger partial charge in [-0.05, 0) is 37.8 Å². The van der Waals surface area contributed by atoms with Gasteiger partial charge in [-0.3, -0.25) is 14.6 Å². The van der Waals surface area contributed by atoms with E-state index in [0.717, 1.165) is 37.1 Å². The number of rotatable bonds is 5. The molecular weight excluding hydrogens is 479 g/mol. The van der Waals surface area contributed by atoms with Gasteiger partial charge in [-0.1, -0.05) is 20.8 Å². The van der Waals surface area contributed by atoms with E-state index < -0.39 is 0 Å². The van der Waals surface area contributed by atoms with Crippen LogP contribution in [0.2, 0.25) is 0 Å². The highest BCUT2D eigenvalue weighted by atomic mass is 127. The summed E-state index contributed by atoms with van der Waals surface area (Å²) in [6.45, 7) is 12.8. The maximum atomic E-state index is 5.99. The predicted octanol–water partition coefficient (Wildman–Crippen LogP) is 2.74. The van der Waals surface area contributed by atoms with Crippen molar-refractivity contribution in [1.82, 2.24) is 24.9 Å². The topological polar surface area (TPSA) is 57.9 Å². The second-order valence-corrected chi connectivity index (χ2v) is 8.71. The molecule has 2 saturated heterocycles. The number of nitrogens with one attached hydrogen (secondary N) is 1. The lowest BCUT2D eigenvalue weighted by Gasteiger charge is -2.40. The highest BCUT2D eigenvalue weighted by molar-refractivity contribution is 14.0. The van der Waals surface area contributed by atoms with Crippen LogP contribution in [0.3, 0.4) is 0 Å². The van der Waals surface area contributed by atoms with Crippen LogP contribution in [0.15, 0.2) is 17.4 Å². The molecule has 2 unspecified atom stereocenters. The number of aryl methyl sites for hydroxylation is 1. The molecule has 2 aliphatic rings. The molecule has 3 rings (SSSR count). The molecule has 166 valence electrons. The van der Waals surface area contributed by atoms with E-state index >= 15 is 0 Å². The van der Waals surface area contributed by atoms with Gasteiger partial charge in [-0.15, -0.1) is 24.0 Å². The van der Waals surface area contributed by atoms with Crippen molar-refractivity contribution < 1.29 is 4.74 Å². The first kappa shape index (κ1) is 24.4. The quantitative estimate of drug-likeness (QED) is 0.369. The van der Waals surface area contributed by atoms with Crippen LogP contribution >= 0.6 is 24.0 Å². The molecule has 8 heteroatoms. The third-order valence-electron chi connectivity index (χ3n) is 6.20. The van der Waals surface area contributed by atoms with E-state index in [9.17, 15) is 0 Å². The Morgan fingerprint density at radius 1 is 1.31 bits per heavy atom. The van der Waals surface area contributed by atoms with Gasteiger partial charge in [0, 0.05) is 45.0 Å². The molecule has 1 aromatic rings. The Morgan fingerprint density at radius 3 is 2.62 bits per heavy atom. The number of guanidine groups is 1. The molecule has 29 heavy (non-hydrogen) atoms. The molecule has 3 heterocycles. The Hall–Kier alpha value is -0.870. The predicted molar refractivity (Wildman–Crippen MR) is 129 cm³/mol. The molecule has 2 fully saturated rings. The molecule has 1 aromatic heterocycles. The first-order valence-electron chi connectivity index (χ1n) is 10.8. The summed E-state index contributed by atoms with van der Waals surface area (Å²) in [4.78, 5) is 9.56. The Kier molecular flexibility index (Phi) is 9.68. The van der Waals surface area contributed by atoms with E-state index in [0.29, 0.717) is 18.6 Å². The standard InChI is InChI=1S/C21H38N6O.HI/c1-16(2)19(26-8-6-17(3)7-9-26)13-23-21(22-4)27-10-11-28-20(15-27)18-12-24-25(5)14-18;/h12,14,16-17,19-20H,6-11,13,15H2,1-5H3,(H,22,23);1H. The number of ether oxygens (including phenoxy) is 1. The zero-order valence-corrected chi connectivity index (χ0v) is 21.0. The van der Waals surface area contributed by atoms with Crippen LogP contribution in [-0.2, 0) is 11.8 Å². The van der Waals surface area contributed by atoms with Gasteiger partial charge < -0.3 is 15.0 Å². The Morgan fingerprint density at radius 2 is 2.03 bits per heavy atom. The number of hydrogen-bond acceptors (Lipinski definition) is 4. The number of nitrogens with zero attached hydrogens (tertiary/aromatic N) is 5. The average molecular weight is 518 g/mol. The summed E-state index contributed by atoms with van der Waals surface area (Å²) in [5.74, 6) is 2.46. The highest BCUT2D eigenvalue weighted by Gasteiger charge is 2.28. The summed E-state index contributed by atoms with van der Waals surface area (Å²) in [6, 6.07) is 0.541. The van der Waals surface area contributed by atoms with E-state index in [-0.39, 0.29) is 30.1 Å². The zero-order chi connectivity index (χ0) is 20.1. The number of halogens is 1. The molecule has 1 N–H and O–H groups in total. The summed E-state index contributed by atoms with van der Waals surface area (Å²) in [5, 5.41) is 7.95. The first-order chi connectivity index (χ1) is 13.5. The van der Waals surface area contributed by atoms with Gasteiger partial charge in [0.1, 0.15) is 6.10 Å². The fourth-order valence-corrected chi connectivity index (χ4v) is 4.32. The van der Waals surface area contributed by atoms with E-state index in [1.165, 1.54) is 25.9 Å². The number of piperidine rings is 1. The normalized spacial score (nSPS) is 23.2. The monoisotopic (exact) mass is 518 g/mol. The summed E-state index contributed by atoms with van der Waals surface area (Å²) >= 11 is 0. The zero-order valence-electron chi connectivity index (χ0n) is 18.7.